The fourth-order valence-corrected chi connectivity index (χ4v) is 7.24. The first-order valence-corrected chi connectivity index (χ1v) is 15.0. The fraction of sp³-hybridized carbons (Fsp3) is 0.312. The Hall–Kier alpha value is -3.62. The number of hydrogen-bond acceptors (Lipinski definition) is 3. The normalized spacial score (nSPS) is 16.4. The van der Waals surface area contributed by atoms with Crippen molar-refractivity contribution >= 4 is 21.9 Å². The van der Waals surface area contributed by atoms with Gasteiger partial charge in [-0.3, -0.25) is 4.68 Å². The van der Waals surface area contributed by atoms with Gasteiger partial charge in [-0.2, -0.15) is 10.2 Å². The van der Waals surface area contributed by atoms with Gasteiger partial charge in [-0.1, -0.05) is 37.3 Å². The molecule has 1 aliphatic rings. The maximum Gasteiger partial charge on any atom is 0.130 e. The highest BCUT2D eigenvalue weighted by Gasteiger charge is 2.39. The monoisotopic (exact) mass is 555 g/mol. The van der Waals surface area contributed by atoms with Gasteiger partial charge in [0.1, 0.15) is 16.8 Å². The third-order valence-corrected chi connectivity index (χ3v) is 9.57. The lowest BCUT2D eigenvalue weighted by Gasteiger charge is -2.42. The highest BCUT2D eigenvalue weighted by molar-refractivity contribution is 7.82. The van der Waals surface area contributed by atoms with Crippen molar-refractivity contribution in [3.8, 4) is 5.69 Å². The van der Waals surface area contributed by atoms with Crippen LogP contribution in [0.15, 0.2) is 90.2 Å². The van der Waals surface area contributed by atoms with Crippen molar-refractivity contribution < 1.29 is 8.60 Å². The molecule has 0 N–H and O–H groups in total. The molecule has 1 atom stereocenters. The molecule has 0 radical (unpaired) electrons. The molecule has 0 saturated carbocycles. The molecule has 0 amide bonds. The molecular formula is C32H34FN5OS. The number of hydrogen-bond donors (Lipinski definition) is 0. The molecule has 1 saturated heterocycles. The number of halogens is 1. The quantitative estimate of drug-likeness (QED) is 0.223. The number of aryl methyl sites for hydroxylation is 2. The molecule has 0 aliphatic carbocycles. The topological polar surface area (TPSA) is 56.0 Å². The predicted octanol–water partition coefficient (Wildman–Crippen LogP) is 6.38. The Balaban J connectivity index is 1.33. The van der Waals surface area contributed by atoms with Crippen molar-refractivity contribution in [3.63, 3.8) is 0 Å². The molecule has 6 nitrogen and oxygen atoms in total. The van der Waals surface area contributed by atoms with E-state index in [1.807, 2.05) is 21.8 Å². The molecular weight excluding hydrogens is 521 g/mol. The van der Waals surface area contributed by atoms with E-state index in [4.69, 9.17) is 0 Å². The summed E-state index contributed by atoms with van der Waals surface area (Å²) in [4.78, 5) is 0.773. The largest absolute Gasteiger partial charge is 0.271 e. The number of fused-ring (bicyclic) bond motifs is 1. The highest BCUT2D eigenvalue weighted by Crippen LogP contribution is 2.42. The van der Waals surface area contributed by atoms with Crippen LogP contribution in [0.5, 0.6) is 0 Å². The van der Waals surface area contributed by atoms with Crippen LogP contribution in [0.1, 0.15) is 42.9 Å². The molecule has 206 valence electrons. The molecule has 3 aromatic carbocycles. The Bertz CT molecular complexity index is 1640. The number of aromatic nitrogens is 4. The van der Waals surface area contributed by atoms with Crippen molar-refractivity contribution in [2.75, 3.05) is 13.1 Å². The van der Waals surface area contributed by atoms with E-state index in [2.05, 4.69) is 70.8 Å². The minimum absolute atomic E-state index is 0.0926. The summed E-state index contributed by atoms with van der Waals surface area (Å²) in [7, 11) is -1.23. The van der Waals surface area contributed by atoms with Crippen molar-refractivity contribution in [1.29, 1.82) is 0 Å². The second kappa shape index (κ2) is 11.1. The average Bonchev–Trinajstić information content (AvgIpc) is 3.61. The van der Waals surface area contributed by atoms with E-state index in [9.17, 15) is 8.60 Å². The van der Waals surface area contributed by atoms with E-state index in [0.717, 1.165) is 66.8 Å². The zero-order valence-corrected chi connectivity index (χ0v) is 23.8. The third-order valence-electron chi connectivity index (χ3n) is 8.12. The number of nitrogens with zero attached hydrogens (tertiary/aromatic N) is 5. The lowest BCUT2D eigenvalue weighted by atomic mass is 9.68. The van der Waals surface area contributed by atoms with Crippen LogP contribution in [0, 0.1) is 12.7 Å². The summed E-state index contributed by atoms with van der Waals surface area (Å²) in [6.45, 7) is 6.60. The second-order valence-corrected chi connectivity index (χ2v) is 12.3. The van der Waals surface area contributed by atoms with E-state index >= 15 is 0 Å². The molecule has 5 aromatic rings. The van der Waals surface area contributed by atoms with Crippen molar-refractivity contribution in [3.05, 3.63) is 108 Å². The summed E-state index contributed by atoms with van der Waals surface area (Å²) in [5, 5.41) is 10.1. The van der Waals surface area contributed by atoms with Crippen LogP contribution in [-0.4, -0.2) is 41.2 Å². The Morgan fingerprint density at radius 1 is 0.975 bits per heavy atom. The minimum Gasteiger partial charge on any atom is -0.271 e. The molecule has 2 aromatic heterocycles. The molecule has 40 heavy (non-hydrogen) atoms. The summed E-state index contributed by atoms with van der Waals surface area (Å²) in [5.74, 6) is -0.261. The maximum atomic E-state index is 13.5. The molecule has 1 unspecified atom stereocenters. The zero-order chi connectivity index (χ0) is 27.7. The first kappa shape index (κ1) is 26.6. The van der Waals surface area contributed by atoms with Gasteiger partial charge in [-0.15, -0.1) is 0 Å². The van der Waals surface area contributed by atoms with Crippen LogP contribution < -0.4 is 0 Å². The number of rotatable bonds is 8. The number of benzene rings is 3. The molecule has 6 rings (SSSR count). The van der Waals surface area contributed by atoms with Gasteiger partial charge >= 0.3 is 0 Å². The Morgan fingerprint density at radius 2 is 1.73 bits per heavy atom. The van der Waals surface area contributed by atoms with E-state index in [-0.39, 0.29) is 11.2 Å². The zero-order valence-electron chi connectivity index (χ0n) is 23.0. The highest BCUT2D eigenvalue weighted by atomic mass is 32.2. The smallest absolute Gasteiger partial charge is 0.130 e. The standard InChI is InChI=1S/C32H34FN5OS/c1-3-15-36-23-29(22-34-36)40(39)37-16-13-32(14-17-37,20-25-7-5-4-6-8-25)30-19-26-21-35-38(31(26)18-24(30)2)28-11-9-27(33)10-12-28/h4-12,18-19,21-23H,3,13-17,20H2,1-2H3. The van der Waals surface area contributed by atoms with Crippen LogP contribution in [0.3, 0.4) is 0 Å². The fourth-order valence-electron chi connectivity index (χ4n) is 6.08. The predicted molar refractivity (Wildman–Crippen MR) is 157 cm³/mol. The Kier molecular flexibility index (Phi) is 7.38. The van der Waals surface area contributed by atoms with Crippen molar-refractivity contribution in [2.45, 2.75) is 56.4 Å². The molecule has 3 heterocycles. The molecule has 1 aliphatic heterocycles. The van der Waals surface area contributed by atoms with Crippen molar-refractivity contribution in [1.82, 2.24) is 23.9 Å². The van der Waals surface area contributed by atoms with Gasteiger partial charge in [0.05, 0.1) is 28.5 Å². The average molecular weight is 556 g/mol. The van der Waals surface area contributed by atoms with Gasteiger partial charge in [0.25, 0.3) is 0 Å². The second-order valence-electron chi connectivity index (χ2n) is 10.8. The van der Waals surface area contributed by atoms with Crippen LogP contribution in [0.4, 0.5) is 4.39 Å². The molecule has 1 fully saturated rings. The third kappa shape index (κ3) is 5.13. The minimum atomic E-state index is -1.23. The van der Waals surface area contributed by atoms with Crippen LogP contribution in [0.2, 0.25) is 0 Å². The van der Waals surface area contributed by atoms with Gasteiger partial charge < -0.3 is 0 Å². The van der Waals surface area contributed by atoms with Crippen LogP contribution >= 0.6 is 0 Å². The molecule has 0 bridgehead atoms. The van der Waals surface area contributed by atoms with Gasteiger partial charge in [0.15, 0.2) is 0 Å². The van der Waals surface area contributed by atoms with E-state index in [1.54, 1.807) is 18.3 Å². The van der Waals surface area contributed by atoms with Gasteiger partial charge in [0.2, 0.25) is 0 Å². The SMILES string of the molecule is CCCn1cc(S(=O)N2CCC(Cc3ccccc3)(c3cc4cnn(-c5ccc(F)cc5)c4cc3C)CC2)cn1. The van der Waals surface area contributed by atoms with Crippen LogP contribution in [0.25, 0.3) is 16.6 Å². The lowest BCUT2D eigenvalue weighted by Crippen LogP contribution is -2.44. The summed E-state index contributed by atoms with van der Waals surface area (Å²) in [6.07, 6.45) is 9.27. The van der Waals surface area contributed by atoms with E-state index in [0.29, 0.717) is 0 Å². The summed E-state index contributed by atoms with van der Waals surface area (Å²) >= 11 is 0. The van der Waals surface area contributed by atoms with Gasteiger partial charge in [-0.05, 0) is 85.7 Å². The Labute approximate surface area is 237 Å². The maximum absolute atomic E-state index is 13.5. The van der Waals surface area contributed by atoms with E-state index < -0.39 is 11.0 Å². The summed E-state index contributed by atoms with van der Waals surface area (Å²) in [6, 6.07) is 21.6. The molecule has 8 heteroatoms. The number of piperidine rings is 1. The van der Waals surface area contributed by atoms with Crippen LogP contribution in [-0.2, 0) is 29.4 Å². The summed E-state index contributed by atoms with van der Waals surface area (Å²) < 4.78 is 32.9. The first-order valence-electron chi connectivity index (χ1n) is 13.9. The van der Waals surface area contributed by atoms with Gasteiger partial charge in [0, 0.05) is 36.6 Å². The van der Waals surface area contributed by atoms with Gasteiger partial charge in [-0.25, -0.2) is 17.6 Å². The van der Waals surface area contributed by atoms with Crippen molar-refractivity contribution in [2.24, 2.45) is 0 Å². The lowest BCUT2D eigenvalue weighted by molar-refractivity contribution is 0.236. The van der Waals surface area contributed by atoms with E-state index in [1.165, 1.54) is 28.8 Å². The summed E-state index contributed by atoms with van der Waals surface area (Å²) in [5.41, 5.74) is 5.59. The Morgan fingerprint density at radius 3 is 2.45 bits per heavy atom. The first-order chi connectivity index (χ1) is 19.5. The molecule has 0 spiro atoms.